The molecular weight excluding hydrogens is 354 g/mol. The van der Waals surface area contributed by atoms with Crippen LogP contribution in [0, 0.1) is 13.8 Å². The van der Waals surface area contributed by atoms with Crippen LogP contribution in [0.5, 0.6) is 5.75 Å². The van der Waals surface area contributed by atoms with Gasteiger partial charge in [-0.2, -0.15) is 5.10 Å². The number of amides is 1. The van der Waals surface area contributed by atoms with E-state index in [4.69, 9.17) is 4.74 Å². The number of aromatic nitrogens is 4. The first kappa shape index (κ1) is 18.0. The summed E-state index contributed by atoms with van der Waals surface area (Å²) in [6.45, 7) is 4.32. The molecule has 0 bridgehead atoms. The second kappa shape index (κ2) is 6.99. The lowest BCUT2D eigenvalue weighted by molar-refractivity contribution is 0.0955. The van der Waals surface area contributed by atoms with Crippen LogP contribution in [0.2, 0.25) is 0 Å². The van der Waals surface area contributed by atoms with Crippen molar-refractivity contribution < 1.29 is 9.53 Å². The number of pyridine rings is 1. The van der Waals surface area contributed by atoms with Gasteiger partial charge in [-0.1, -0.05) is 0 Å². The molecule has 4 aromatic rings. The average molecular weight is 377 g/mol. The Labute approximate surface area is 162 Å². The van der Waals surface area contributed by atoms with Crippen LogP contribution in [-0.2, 0) is 13.5 Å². The van der Waals surface area contributed by atoms with Crippen molar-refractivity contribution in [2.75, 3.05) is 13.7 Å². The Morgan fingerprint density at radius 1 is 1.29 bits per heavy atom. The third-order valence-electron chi connectivity index (χ3n) is 5.00. The maximum Gasteiger partial charge on any atom is 0.252 e. The van der Waals surface area contributed by atoms with Gasteiger partial charge in [0.25, 0.3) is 5.91 Å². The number of nitrogens with zero attached hydrogens (tertiary/aromatic N) is 3. The molecule has 1 aromatic carbocycles. The van der Waals surface area contributed by atoms with Gasteiger partial charge < -0.3 is 15.0 Å². The van der Waals surface area contributed by atoms with Crippen LogP contribution < -0.4 is 10.1 Å². The van der Waals surface area contributed by atoms with Crippen molar-refractivity contribution in [2.24, 2.45) is 7.05 Å². The summed E-state index contributed by atoms with van der Waals surface area (Å²) in [6, 6.07) is 7.76. The molecule has 7 nitrogen and oxygen atoms in total. The third kappa shape index (κ3) is 3.09. The average Bonchev–Trinajstić information content (AvgIpc) is 3.21. The Morgan fingerprint density at radius 2 is 2.11 bits per heavy atom. The van der Waals surface area contributed by atoms with Crippen molar-refractivity contribution in [3.63, 3.8) is 0 Å². The molecule has 2 N–H and O–H groups in total. The molecule has 0 aliphatic carbocycles. The van der Waals surface area contributed by atoms with E-state index in [0.717, 1.165) is 51.1 Å². The maximum atomic E-state index is 12.9. The zero-order valence-electron chi connectivity index (χ0n) is 16.5. The standard InChI is InChI=1S/C21H23N5O2/c1-12-9-17(19-13(2)25-26(3)20(19)24-12)21(27)22-8-7-14-11-23-18-6-5-15(28-4)10-16(14)18/h5-6,9-11,23H,7-8H2,1-4H3,(H,22,27). The molecule has 0 aliphatic rings. The van der Waals surface area contributed by atoms with E-state index < -0.39 is 0 Å². The van der Waals surface area contributed by atoms with Crippen LogP contribution in [0.25, 0.3) is 21.9 Å². The lowest BCUT2D eigenvalue weighted by Crippen LogP contribution is -2.26. The zero-order valence-corrected chi connectivity index (χ0v) is 16.5. The van der Waals surface area contributed by atoms with Crippen molar-refractivity contribution in [1.82, 2.24) is 25.1 Å². The highest BCUT2D eigenvalue weighted by molar-refractivity contribution is 6.06. The Balaban J connectivity index is 1.54. The van der Waals surface area contributed by atoms with E-state index in [0.29, 0.717) is 12.1 Å². The fourth-order valence-corrected chi connectivity index (χ4v) is 3.65. The number of aromatic amines is 1. The predicted molar refractivity (Wildman–Crippen MR) is 109 cm³/mol. The Bertz CT molecular complexity index is 1190. The molecule has 0 spiro atoms. The number of carbonyl (C=O) groups excluding carboxylic acids is 1. The number of H-pyrrole nitrogens is 1. The Kier molecular flexibility index (Phi) is 4.50. The minimum Gasteiger partial charge on any atom is -0.497 e. The summed E-state index contributed by atoms with van der Waals surface area (Å²) in [5.74, 6) is 0.711. The van der Waals surface area contributed by atoms with Gasteiger partial charge in [0, 0.05) is 36.4 Å². The van der Waals surface area contributed by atoms with Gasteiger partial charge >= 0.3 is 0 Å². The minimum atomic E-state index is -0.107. The molecule has 0 saturated carbocycles. The van der Waals surface area contributed by atoms with Gasteiger partial charge in [-0.15, -0.1) is 0 Å². The molecule has 144 valence electrons. The molecule has 0 fully saturated rings. The van der Waals surface area contributed by atoms with Crippen LogP contribution in [0.4, 0.5) is 0 Å². The number of aryl methyl sites for hydroxylation is 3. The van der Waals surface area contributed by atoms with E-state index >= 15 is 0 Å². The zero-order chi connectivity index (χ0) is 19.8. The molecule has 7 heteroatoms. The van der Waals surface area contributed by atoms with Crippen molar-refractivity contribution in [2.45, 2.75) is 20.3 Å². The topological polar surface area (TPSA) is 84.8 Å². The van der Waals surface area contributed by atoms with Gasteiger partial charge in [-0.25, -0.2) is 4.98 Å². The molecule has 1 amide bonds. The number of ether oxygens (including phenoxy) is 1. The van der Waals surface area contributed by atoms with Crippen LogP contribution in [0.15, 0.2) is 30.5 Å². The molecule has 3 aromatic heterocycles. The van der Waals surface area contributed by atoms with E-state index in [-0.39, 0.29) is 5.91 Å². The normalized spacial score (nSPS) is 11.3. The molecule has 0 saturated heterocycles. The fourth-order valence-electron chi connectivity index (χ4n) is 3.65. The number of methoxy groups -OCH3 is 1. The summed E-state index contributed by atoms with van der Waals surface area (Å²) in [7, 11) is 3.50. The van der Waals surface area contributed by atoms with Gasteiger partial charge in [0.1, 0.15) is 5.75 Å². The van der Waals surface area contributed by atoms with Gasteiger partial charge in [0.2, 0.25) is 0 Å². The minimum absolute atomic E-state index is 0.107. The molecule has 28 heavy (non-hydrogen) atoms. The van der Waals surface area contributed by atoms with Gasteiger partial charge in [-0.3, -0.25) is 9.48 Å². The predicted octanol–water partition coefficient (Wildman–Crippen LogP) is 3.05. The Hall–Kier alpha value is -3.35. The highest BCUT2D eigenvalue weighted by atomic mass is 16.5. The molecule has 0 atom stereocenters. The van der Waals surface area contributed by atoms with E-state index in [1.165, 1.54) is 0 Å². The first-order valence-electron chi connectivity index (χ1n) is 9.21. The summed E-state index contributed by atoms with van der Waals surface area (Å²) in [5, 5.41) is 9.36. The highest BCUT2D eigenvalue weighted by Gasteiger charge is 2.17. The quantitative estimate of drug-likeness (QED) is 0.560. The summed E-state index contributed by atoms with van der Waals surface area (Å²) < 4.78 is 7.03. The number of nitrogens with one attached hydrogen (secondary N) is 2. The molecule has 0 radical (unpaired) electrons. The lowest BCUT2D eigenvalue weighted by atomic mass is 10.1. The van der Waals surface area contributed by atoms with Crippen LogP contribution >= 0.6 is 0 Å². The van der Waals surface area contributed by atoms with E-state index in [1.54, 1.807) is 11.8 Å². The number of hydrogen-bond donors (Lipinski definition) is 2. The molecule has 0 aliphatic heterocycles. The van der Waals surface area contributed by atoms with Crippen molar-refractivity contribution in [1.29, 1.82) is 0 Å². The third-order valence-corrected chi connectivity index (χ3v) is 5.00. The first-order chi connectivity index (χ1) is 13.5. The second-order valence-corrected chi connectivity index (χ2v) is 6.95. The Morgan fingerprint density at radius 3 is 2.89 bits per heavy atom. The summed E-state index contributed by atoms with van der Waals surface area (Å²) in [5.41, 5.74) is 5.14. The largest absolute Gasteiger partial charge is 0.497 e. The van der Waals surface area contributed by atoms with Crippen molar-refractivity contribution in [3.8, 4) is 5.75 Å². The number of hydrogen-bond acceptors (Lipinski definition) is 4. The lowest BCUT2D eigenvalue weighted by Gasteiger charge is -2.08. The van der Waals surface area contributed by atoms with Gasteiger partial charge in [0.15, 0.2) is 5.65 Å². The van der Waals surface area contributed by atoms with E-state index in [1.807, 2.05) is 51.4 Å². The van der Waals surface area contributed by atoms with Crippen LogP contribution in [-0.4, -0.2) is 39.3 Å². The smallest absolute Gasteiger partial charge is 0.252 e. The fraction of sp³-hybridized carbons (Fsp3) is 0.286. The summed E-state index contributed by atoms with van der Waals surface area (Å²) in [6.07, 6.45) is 2.70. The molecule has 3 heterocycles. The number of benzene rings is 1. The van der Waals surface area contributed by atoms with Crippen LogP contribution in [0.1, 0.15) is 27.3 Å². The van der Waals surface area contributed by atoms with Crippen molar-refractivity contribution >= 4 is 27.8 Å². The summed E-state index contributed by atoms with van der Waals surface area (Å²) >= 11 is 0. The molecular formula is C21H23N5O2. The number of carbonyl (C=O) groups is 1. The maximum absolute atomic E-state index is 12.9. The van der Waals surface area contributed by atoms with Gasteiger partial charge in [-0.05, 0) is 50.1 Å². The number of rotatable bonds is 5. The molecule has 0 unspecified atom stereocenters. The number of fused-ring (bicyclic) bond motifs is 2. The summed E-state index contributed by atoms with van der Waals surface area (Å²) in [4.78, 5) is 20.6. The van der Waals surface area contributed by atoms with Gasteiger partial charge in [0.05, 0.1) is 23.8 Å². The highest BCUT2D eigenvalue weighted by Crippen LogP contribution is 2.24. The first-order valence-corrected chi connectivity index (χ1v) is 9.21. The van der Waals surface area contributed by atoms with Crippen molar-refractivity contribution in [3.05, 3.63) is 53.0 Å². The van der Waals surface area contributed by atoms with E-state index in [9.17, 15) is 4.79 Å². The van der Waals surface area contributed by atoms with Crippen LogP contribution in [0.3, 0.4) is 0 Å². The second-order valence-electron chi connectivity index (χ2n) is 6.95. The van der Waals surface area contributed by atoms with E-state index in [2.05, 4.69) is 20.4 Å². The monoisotopic (exact) mass is 377 g/mol. The molecule has 4 rings (SSSR count). The SMILES string of the molecule is COc1ccc2[nH]cc(CCNC(=O)c3cc(C)nc4c3c(C)nn4C)c2c1.